The highest BCUT2D eigenvalue weighted by Crippen LogP contribution is 2.33. The molecule has 12 heteroatoms. The second kappa shape index (κ2) is 10.9. The molecule has 1 saturated heterocycles. The number of alkyl carbamates (subject to hydrolysis) is 1. The van der Waals surface area contributed by atoms with Crippen molar-refractivity contribution in [2.75, 3.05) is 44.7 Å². The third kappa shape index (κ3) is 5.18. The Kier molecular flexibility index (Phi) is 8.16. The maximum atomic E-state index is 11.7. The van der Waals surface area contributed by atoms with Gasteiger partial charge in [0.25, 0.3) is 0 Å². The summed E-state index contributed by atoms with van der Waals surface area (Å²) in [4.78, 5) is 41.6. The van der Waals surface area contributed by atoms with Gasteiger partial charge < -0.3 is 24.4 Å². The van der Waals surface area contributed by atoms with E-state index in [9.17, 15) is 9.59 Å². The first-order valence-electron chi connectivity index (χ1n) is 10.7. The molecule has 1 fully saturated rings. The van der Waals surface area contributed by atoms with E-state index in [0.717, 1.165) is 11.4 Å². The molecule has 182 valence electrons. The third-order valence-corrected chi connectivity index (χ3v) is 5.95. The summed E-state index contributed by atoms with van der Waals surface area (Å²) >= 11 is 6.50. The lowest BCUT2D eigenvalue weighted by Crippen LogP contribution is -2.48. The van der Waals surface area contributed by atoms with Crippen LogP contribution in [0.5, 0.6) is 0 Å². The summed E-state index contributed by atoms with van der Waals surface area (Å²) in [5.74, 6) is 2.06. The van der Waals surface area contributed by atoms with Gasteiger partial charge in [-0.3, -0.25) is 4.79 Å². The largest absolute Gasteiger partial charge is 0.453 e. The highest BCUT2D eigenvalue weighted by Gasteiger charge is 2.25. The van der Waals surface area contributed by atoms with E-state index in [2.05, 4.69) is 19.9 Å². The van der Waals surface area contributed by atoms with E-state index in [4.69, 9.17) is 21.6 Å². The van der Waals surface area contributed by atoms with Gasteiger partial charge in [0.1, 0.15) is 11.6 Å². The van der Waals surface area contributed by atoms with Crippen molar-refractivity contribution < 1.29 is 14.3 Å². The highest BCUT2D eigenvalue weighted by atomic mass is 35.5. The number of anilines is 1. The Balaban J connectivity index is 0.00000324. The molecule has 0 radical (unpaired) electrons. The molecule has 3 aromatic rings. The molecule has 0 bridgehead atoms. The summed E-state index contributed by atoms with van der Waals surface area (Å²) in [6.07, 6.45) is -0.506. The quantitative estimate of drug-likeness (QED) is 0.565. The number of halogens is 2. The van der Waals surface area contributed by atoms with Crippen LogP contribution in [0.4, 0.5) is 10.6 Å². The first kappa shape index (κ1) is 25.5. The SMILES string of the molecule is COC(=O)NCCn1c(-c2ccccc2Cl)nc2c(N3CCN(C(C)=O)CC3)nc(C)nc21.Cl. The van der Waals surface area contributed by atoms with E-state index in [1.807, 2.05) is 40.7 Å². The molecule has 0 unspecified atom stereocenters. The van der Waals surface area contributed by atoms with Gasteiger partial charge in [0, 0.05) is 51.8 Å². The number of aromatic nitrogens is 4. The van der Waals surface area contributed by atoms with Crippen LogP contribution >= 0.6 is 24.0 Å². The Morgan fingerprint density at radius 2 is 1.82 bits per heavy atom. The number of carbonyl (C=O) groups excluding carboxylic acids is 2. The van der Waals surface area contributed by atoms with Crippen LogP contribution in [0.15, 0.2) is 24.3 Å². The fourth-order valence-electron chi connectivity index (χ4n) is 3.95. The van der Waals surface area contributed by atoms with Gasteiger partial charge in [-0.05, 0) is 19.1 Å². The number of methoxy groups -OCH3 is 1. The van der Waals surface area contributed by atoms with Gasteiger partial charge >= 0.3 is 6.09 Å². The van der Waals surface area contributed by atoms with E-state index in [0.29, 0.717) is 67.1 Å². The number of aryl methyl sites for hydroxylation is 1. The molecule has 1 N–H and O–H groups in total. The number of fused-ring (bicyclic) bond motifs is 1. The molecule has 34 heavy (non-hydrogen) atoms. The van der Waals surface area contributed by atoms with Crippen LogP contribution in [0.25, 0.3) is 22.6 Å². The molecule has 2 aromatic heterocycles. The van der Waals surface area contributed by atoms with Crippen LogP contribution < -0.4 is 10.2 Å². The zero-order valence-corrected chi connectivity index (χ0v) is 20.8. The summed E-state index contributed by atoms with van der Waals surface area (Å²) < 4.78 is 6.62. The lowest BCUT2D eigenvalue weighted by atomic mass is 10.2. The number of rotatable bonds is 5. The number of nitrogens with one attached hydrogen (secondary N) is 1. The molecule has 0 atom stereocenters. The topological polar surface area (TPSA) is 105 Å². The average molecular weight is 508 g/mol. The number of amides is 2. The molecular weight excluding hydrogens is 481 g/mol. The molecule has 0 saturated carbocycles. The van der Waals surface area contributed by atoms with E-state index in [1.165, 1.54) is 7.11 Å². The van der Waals surface area contributed by atoms with Crippen LogP contribution in [-0.4, -0.2) is 76.3 Å². The summed E-state index contributed by atoms with van der Waals surface area (Å²) in [6.45, 7) is 6.73. The Morgan fingerprint density at radius 3 is 2.47 bits per heavy atom. The molecular formula is C22H27Cl2N7O3. The maximum Gasteiger partial charge on any atom is 0.406 e. The molecule has 10 nitrogen and oxygen atoms in total. The van der Waals surface area contributed by atoms with Gasteiger partial charge in [-0.25, -0.2) is 19.7 Å². The fraction of sp³-hybridized carbons (Fsp3) is 0.409. The summed E-state index contributed by atoms with van der Waals surface area (Å²) in [5.41, 5.74) is 2.08. The number of ether oxygens (including phenoxy) is 1. The number of carbonyl (C=O) groups is 2. The van der Waals surface area contributed by atoms with Gasteiger partial charge in [0.2, 0.25) is 5.91 Å². The van der Waals surface area contributed by atoms with Gasteiger partial charge in [0.05, 0.1) is 12.1 Å². The van der Waals surface area contributed by atoms with Gasteiger partial charge in [-0.1, -0.05) is 23.7 Å². The normalized spacial score (nSPS) is 13.5. The number of nitrogens with zero attached hydrogens (tertiary/aromatic N) is 6. The lowest BCUT2D eigenvalue weighted by Gasteiger charge is -2.34. The smallest absolute Gasteiger partial charge is 0.406 e. The first-order chi connectivity index (χ1) is 15.9. The van der Waals surface area contributed by atoms with Crippen molar-refractivity contribution in [1.29, 1.82) is 0 Å². The Labute approximate surface area is 208 Å². The van der Waals surface area contributed by atoms with Gasteiger partial charge in [-0.2, -0.15) is 0 Å². The second-order valence-corrected chi connectivity index (χ2v) is 8.15. The van der Waals surface area contributed by atoms with Crippen molar-refractivity contribution in [3.05, 3.63) is 35.1 Å². The lowest BCUT2D eigenvalue weighted by molar-refractivity contribution is -0.129. The molecule has 1 aliphatic heterocycles. The van der Waals surface area contributed by atoms with E-state index >= 15 is 0 Å². The minimum absolute atomic E-state index is 0. The number of imidazole rings is 1. The minimum atomic E-state index is -0.506. The van der Waals surface area contributed by atoms with Gasteiger partial charge in [-0.15, -0.1) is 12.4 Å². The van der Waals surface area contributed by atoms with E-state index in [1.54, 1.807) is 6.92 Å². The standard InChI is InChI=1S/C22H26ClN7O3.ClH/c1-14-25-20(29-12-10-28(11-13-29)15(2)31)18-21(26-14)30(9-8-24-22(32)33-3)19(27-18)16-6-4-5-7-17(16)23;/h4-7H,8-13H2,1-3H3,(H,24,32);1H. The molecule has 3 heterocycles. The molecule has 0 spiro atoms. The number of hydrogen-bond donors (Lipinski definition) is 1. The van der Waals surface area contributed by atoms with Crippen LogP contribution in [0.3, 0.4) is 0 Å². The average Bonchev–Trinajstić information content (AvgIpc) is 3.16. The van der Waals surface area contributed by atoms with Crippen molar-refractivity contribution in [2.24, 2.45) is 0 Å². The van der Waals surface area contributed by atoms with Crippen LogP contribution in [-0.2, 0) is 16.1 Å². The molecule has 4 rings (SSSR count). The molecule has 0 aliphatic carbocycles. The number of piperazine rings is 1. The molecule has 1 aliphatic rings. The van der Waals surface area contributed by atoms with Crippen molar-refractivity contribution in [3.8, 4) is 11.4 Å². The second-order valence-electron chi connectivity index (χ2n) is 7.75. The van der Waals surface area contributed by atoms with E-state index in [-0.39, 0.29) is 18.3 Å². The van der Waals surface area contributed by atoms with Crippen LogP contribution in [0.1, 0.15) is 12.7 Å². The predicted molar refractivity (Wildman–Crippen MR) is 133 cm³/mol. The van der Waals surface area contributed by atoms with Gasteiger partial charge in [0.15, 0.2) is 17.0 Å². The van der Waals surface area contributed by atoms with Crippen molar-refractivity contribution in [2.45, 2.75) is 20.4 Å². The Hall–Kier alpha value is -3.11. The zero-order chi connectivity index (χ0) is 23.5. The fourth-order valence-corrected chi connectivity index (χ4v) is 4.17. The Bertz CT molecular complexity index is 1190. The Morgan fingerprint density at radius 1 is 1.12 bits per heavy atom. The predicted octanol–water partition coefficient (Wildman–Crippen LogP) is 2.90. The van der Waals surface area contributed by atoms with Crippen LogP contribution in [0.2, 0.25) is 5.02 Å². The van der Waals surface area contributed by atoms with E-state index < -0.39 is 6.09 Å². The summed E-state index contributed by atoms with van der Waals surface area (Å²) in [6, 6.07) is 7.48. The monoisotopic (exact) mass is 507 g/mol. The maximum absolute atomic E-state index is 11.7. The third-order valence-electron chi connectivity index (χ3n) is 5.62. The molecule has 2 amide bonds. The van der Waals surface area contributed by atoms with Crippen molar-refractivity contribution >= 4 is 53.0 Å². The van der Waals surface area contributed by atoms with Crippen molar-refractivity contribution in [3.63, 3.8) is 0 Å². The zero-order valence-electron chi connectivity index (χ0n) is 19.2. The minimum Gasteiger partial charge on any atom is -0.453 e. The number of benzene rings is 1. The first-order valence-corrected chi connectivity index (χ1v) is 11.1. The molecule has 1 aromatic carbocycles. The van der Waals surface area contributed by atoms with Crippen LogP contribution in [0, 0.1) is 6.92 Å². The van der Waals surface area contributed by atoms with Crippen molar-refractivity contribution in [1.82, 2.24) is 29.7 Å². The number of hydrogen-bond acceptors (Lipinski definition) is 7. The summed E-state index contributed by atoms with van der Waals surface area (Å²) in [5, 5.41) is 3.27. The highest BCUT2D eigenvalue weighted by molar-refractivity contribution is 6.33. The summed E-state index contributed by atoms with van der Waals surface area (Å²) in [7, 11) is 1.33.